The Morgan fingerprint density at radius 3 is 2.17 bits per heavy atom. The number of rotatable bonds is 2. The molecule has 0 aromatic heterocycles. The predicted molar refractivity (Wildman–Crippen MR) is 75.3 cm³/mol. The van der Waals surface area contributed by atoms with Crippen LogP contribution in [-0.4, -0.2) is 5.91 Å². The van der Waals surface area contributed by atoms with E-state index >= 15 is 0 Å². The van der Waals surface area contributed by atoms with Gasteiger partial charge in [-0.2, -0.15) is 0 Å². The number of benzene rings is 2. The summed E-state index contributed by atoms with van der Waals surface area (Å²) in [5.41, 5.74) is 6.89. The van der Waals surface area contributed by atoms with E-state index in [4.69, 9.17) is 28.9 Å². The monoisotopic (exact) mass is 280 g/mol. The van der Waals surface area contributed by atoms with Crippen molar-refractivity contribution in [3.05, 3.63) is 58.1 Å². The molecule has 0 saturated heterocycles. The van der Waals surface area contributed by atoms with Crippen molar-refractivity contribution in [2.75, 3.05) is 11.1 Å². The van der Waals surface area contributed by atoms with Gasteiger partial charge in [0.15, 0.2) is 0 Å². The first-order chi connectivity index (χ1) is 8.58. The van der Waals surface area contributed by atoms with Crippen LogP contribution in [-0.2, 0) is 0 Å². The van der Waals surface area contributed by atoms with Gasteiger partial charge in [-0.1, -0.05) is 41.4 Å². The minimum absolute atomic E-state index is 0.219. The summed E-state index contributed by atoms with van der Waals surface area (Å²) >= 11 is 11.9. The Hall–Kier alpha value is -1.71. The first kappa shape index (κ1) is 12.7. The molecule has 92 valence electrons. The van der Waals surface area contributed by atoms with E-state index in [2.05, 4.69) is 5.32 Å². The van der Waals surface area contributed by atoms with Crippen molar-refractivity contribution in [3.63, 3.8) is 0 Å². The van der Waals surface area contributed by atoms with Gasteiger partial charge in [0.05, 0.1) is 15.6 Å². The van der Waals surface area contributed by atoms with Crippen molar-refractivity contribution in [2.45, 2.75) is 0 Å². The van der Waals surface area contributed by atoms with E-state index in [-0.39, 0.29) is 21.5 Å². The number of para-hydroxylation sites is 1. The highest BCUT2D eigenvalue weighted by Gasteiger charge is 2.15. The number of halogens is 2. The number of hydrogen-bond acceptors (Lipinski definition) is 2. The van der Waals surface area contributed by atoms with Gasteiger partial charge in [0.1, 0.15) is 0 Å². The Morgan fingerprint density at radius 1 is 1.06 bits per heavy atom. The third kappa shape index (κ3) is 2.75. The third-order valence-electron chi connectivity index (χ3n) is 2.32. The Morgan fingerprint density at radius 2 is 1.61 bits per heavy atom. The smallest absolute Gasteiger partial charge is 0.258 e. The summed E-state index contributed by atoms with van der Waals surface area (Å²) in [6.07, 6.45) is 0. The van der Waals surface area contributed by atoms with Gasteiger partial charge >= 0.3 is 0 Å². The van der Waals surface area contributed by atoms with Gasteiger partial charge in [0.25, 0.3) is 5.91 Å². The summed E-state index contributed by atoms with van der Waals surface area (Å²) in [4.78, 5) is 12.0. The highest BCUT2D eigenvalue weighted by atomic mass is 35.5. The van der Waals surface area contributed by atoms with Crippen LogP contribution in [0.2, 0.25) is 10.0 Å². The van der Waals surface area contributed by atoms with Gasteiger partial charge in [0, 0.05) is 11.4 Å². The second kappa shape index (κ2) is 5.29. The topological polar surface area (TPSA) is 55.1 Å². The van der Waals surface area contributed by atoms with E-state index < -0.39 is 0 Å². The molecular weight excluding hydrogens is 271 g/mol. The van der Waals surface area contributed by atoms with E-state index in [1.54, 1.807) is 12.1 Å². The maximum Gasteiger partial charge on any atom is 0.258 e. The van der Waals surface area contributed by atoms with Crippen molar-refractivity contribution in [3.8, 4) is 0 Å². The number of carbonyl (C=O) groups excluding carboxylic acids is 1. The second-order valence-corrected chi connectivity index (χ2v) is 4.49. The van der Waals surface area contributed by atoms with Crippen LogP contribution in [0.3, 0.4) is 0 Å². The molecule has 2 rings (SSSR count). The molecule has 3 N–H and O–H groups in total. The zero-order chi connectivity index (χ0) is 13.1. The van der Waals surface area contributed by atoms with Crippen molar-refractivity contribution in [1.82, 2.24) is 0 Å². The molecule has 0 heterocycles. The SMILES string of the molecule is Nc1cc(Cl)c(C(=O)Nc2ccccc2)c(Cl)c1. The van der Waals surface area contributed by atoms with Crippen LogP contribution in [0.15, 0.2) is 42.5 Å². The van der Waals surface area contributed by atoms with E-state index in [0.29, 0.717) is 11.4 Å². The van der Waals surface area contributed by atoms with E-state index in [1.165, 1.54) is 12.1 Å². The first-order valence-corrected chi connectivity index (χ1v) is 5.94. The Bertz CT molecular complexity index is 562. The number of hydrogen-bond donors (Lipinski definition) is 2. The lowest BCUT2D eigenvalue weighted by Gasteiger charge is -2.09. The summed E-state index contributed by atoms with van der Waals surface area (Å²) in [6, 6.07) is 12.0. The zero-order valence-electron chi connectivity index (χ0n) is 9.28. The predicted octanol–water partition coefficient (Wildman–Crippen LogP) is 3.83. The van der Waals surface area contributed by atoms with Gasteiger partial charge in [0.2, 0.25) is 0 Å². The molecule has 0 aliphatic carbocycles. The van der Waals surface area contributed by atoms with Crippen LogP contribution in [0.1, 0.15) is 10.4 Å². The molecular formula is C13H10Cl2N2O. The highest BCUT2D eigenvalue weighted by molar-refractivity contribution is 6.40. The lowest BCUT2D eigenvalue weighted by molar-refractivity contribution is 0.102. The van der Waals surface area contributed by atoms with Crippen LogP contribution in [0, 0.1) is 0 Å². The number of nitrogens with two attached hydrogens (primary N) is 1. The molecule has 2 aromatic rings. The van der Waals surface area contributed by atoms with Crippen molar-refractivity contribution in [2.24, 2.45) is 0 Å². The minimum Gasteiger partial charge on any atom is -0.399 e. The fraction of sp³-hybridized carbons (Fsp3) is 0. The molecule has 0 atom stereocenters. The number of nitrogen functional groups attached to an aromatic ring is 1. The summed E-state index contributed by atoms with van der Waals surface area (Å²) < 4.78 is 0. The van der Waals surface area contributed by atoms with Crippen LogP contribution in [0.4, 0.5) is 11.4 Å². The average Bonchev–Trinajstić information content (AvgIpc) is 2.28. The highest BCUT2D eigenvalue weighted by Crippen LogP contribution is 2.28. The molecule has 0 aliphatic rings. The summed E-state index contributed by atoms with van der Waals surface area (Å²) in [5.74, 6) is -0.365. The molecule has 5 heteroatoms. The van der Waals surface area contributed by atoms with Crippen LogP contribution in [0.25, 0.3) is 0 Å². The number of nitrogens with one attached hydrogen (secondary N) is 1. The van der Waals surface area contributed by atoms with Gasteiger partial charge in [-0.25, -0.2) is 0 Å². The minimum atomic E-state index is -0.365. The van der Waals surface area contributed by atoms with Gasteiger partial charge in [-0.3, -0.25) is 4.79 Å². The van der Waals surface area contributed by atoms with Crippen LogP contribution < -0.4 is 11.1 Å². The van der Waals surface area contributed by atoms with Crippen LogP contribution in [0.5, 0.6) is 0 Å². The zero-order valence-corrected chi connectivity index (χ0v) is 10.8. The Labute approximate surface area is 115 Å². The summed E-state index contributed by atoms with van der Waals surface area (Å²) in [5, 5.41) is 3.17. The quantitative estimate of drug-likeness (QED) is 0.822. The van der Waals surface area contributed by atoms with Crippen molar-refractivity contribution < 1.29 is 4.79 Å². The molecule has 0 bridgehead atoms. The molecule has 1 amide bonds. The lowest BCUT2D eigenvalue weighted by Crippen LogP contribution is -2.13. The largest absolute Gasteiger partial charge is 0.399 e. The molecule has 0 unspecified atom stereocenters. The summed E-state index contributed by atoms with van der Waals surface area (Å²) in [6.45, 7) is 0. The standard InChI is InChI=1S/C13H10Cl2N2O/c14-10-6-8(16)7-11(15)12(10)13(18)17-9-4-2-1-3-5-9/h1-7H,16H2,(H,17,18). The Balaban J connectivity index is 2.30. The lowest BCUT2D eigenvalue weighted by atomic mass is 10.2. The molecule has 0 saturated carbocycles. The molecule has 0 spiro atoms. The Kier molecular flexibility index (Phi) is 3.75. The maximum absolute atomic E-state index is 12.0. The van der Waals surface area contributed by atoms with Gasteiger partial charge < -0.3 is 11.1 Å². The average molecular weight is 281 g/mol. The van der Waals surface area contributed by atoms with E-state index in [0.717, 1.165) is 0 Å². The fourth-order valence-electron chi connectivity index (χ4n) is 1.52. The third-order valence-corrected chi connectivity index (χ3v) is 2.92. The first-order valence-electron chi connectivity index (χ1n) is 5.19. The molecule has 0 aliphatic heterocycles. The fourth-order valence-corrected chi connectivity index (χ4v) is 2.20. The molecule has 0 fully saturated rings. The molecule has 2 aromatic carbocycles. The number of amides is 1. The van der Waals surface area contributed by atoms with E-state index in [9.17, 15) is 4.79 Å². The molecule has 3 nitrogen and oxygen atoms in total. The molecule has 18 heavy (non-hydrogen) atoms. The van der Waals surface area contributed by atoms with Gasteiger partial charge in [-0.05, 0) is 24.3 Å². The number of carbonyl (C=O) groups is 1. The molecule has 0 radical (unpaired) electrons. The van der Waals surface area contributed by atoms with Crippen molar-refractivity contribution >= 4 is 40.5 Å². The number of anilines is 2. The maximum atomic E-state index is 12.0. The van der Waals surface area contributed by atoms with Crippen molar-refractivity contribution in [1.29, 1.82) is 0 Å². The van der Waals surface area contributed by atoms with Gasteiger partial charge in [-0.15, -0.1) is 0 Å². The van der Waals surface area contributed by atoms with E-state index in [1.807, 2.05) is 18.2 Å². The summed E-state index contributed by atoms with van der Waals surface area (Å²) in [7, 11) is 0. The van der Waals surface area contributed by atoms with Crippen LogP contribution >= 0.6 is 23.2 Å². The second-order valence-electron chi connectivity index (χ2n) is 3.68. The normalized spacial score (nSPS) is 10.1.